The number of hydrogen-bond donors (Lipinski definition) is 1. The first kappa shape index (κ1) is 16.8. The third kappa shape index (κ3) is 3.90. The van der Waals surface area contributed by atoms with Crippen molar-refractivity contribution in [3.05, 3.63) is 68.1 Å². The quantitative estimate of drug-likeness (QED) is 0.700. The molecule has 0 aliphatic carbocycles. The lowest BCUT2D eigenvalue weighted by Crippen LogP contribution is -2.14. The van der Waals surface area contributed by atoms with Gasteiger partial charge in [0, 0.05) is 6.20 Å². The van der Waals surface area contributed by atoms with Crippen LogP contribution in [0.2, 0.25) is 10.0 Å². The molecule has 5 nitrogen and oxygen atoms in total. The highest BCUT2D eigenvalue weighted by Gasteiger charge is 2.06. The molecule has 3 rings (SSSR count). The molecule has 0 fully saturated rings. The number of nitrogens with zero attached hydrogens (tertiary/aromatic N) is 2. The molecule has 1 aromatic carbocycles. The molecule has 124 valence electrons. The van der Waals surface area contributed by atoms with Crippen LogP contribution in [0.15, 0.2) is 35.3 Å². The Labute approximate surface area is 146 Å². The summed E-state index contributed by atoms with van der Waals surface area (Å²) in [6.45, 7) is 0.502. The Morgan fingerprint density at radius 2 is 2.08 bits per heavy atom. The third-order valence-electron chi connectivity index (χ3n) is 3.33. The largest absolute Gasteiger partial charge is 0.373 e. The number of nitrogens with one attached hydrogen (secondary N) is 1. The standard InChI is InChI=1S/C16H12Cl2FN3O2/c17-10-6-11-15(20-7-10)21-14(22-16(11)23)8-24-4-3-9-1-2-13(19)12(18)5-9/h1-2,5-7H,3-4,8H2,(H,20,21,22,23). The second kappa shape index (κ2) is 7.25. The summed E-state index contributed by atoms with van der Waals surface area (Å²) in [5, 5.41) is 0.779. The highest BCUT2D eigenvalue weighted by molar-refractivity contribution is 6.31. The fraction of sp³-hybridized carbons (Fsp3) is 0.188. The number of benzene rings is 1. The summed E-state index contributed by atoms with van der Waals surface area (Å²) in [6, 6.07) is 6.04. The zero-order chi connectivity index (χ0) is 17.1. The first-order valence-electron chi connectivity index (χ1n) is 7.09. The molecule has 0 radical (unpaired) electrons. The minimum atomic E-state index is -0.452. The first-order chi connectivity index (χ1) is 11.5. The van der Waals surface area contributed by atoms with Crippen molar-refractivity contribution >= 4 is 34.2 Å². The Morgan fingerprint density at radius 1 is 1.25 bits per heavy atom. The number of rotatable bonds is 5. The number of hydrogen-bond acceptors (Lipinski definition) is 4. The van der Waals surface area contributed by atoms with Crippen molar-refractivity contribution in [3.8, 4) is 0 Å². The fourth-order valence-electron chi connectivity index (χ4n) is 2.16. The van der Waals surface area contributed by atoms with E-state index in [1.54, 1.807) is 12.1 Å². The number of pyridine rings is 1. The summed E-state index contributed by atoms with van der Waals surface area (Å²) in [7, 11) is 0. The van der Waals surface area contributed by atoms with Crippen LogP contribution in [-0.4, -0.2) is 21.6 Å². The number of ether oxygens (including phenoxy) is 1. The lowest BCUT2D eigenvalue weighted by Gasteiger charge is -2.06. The lowest BCUT2D eigenvalue weighted by atomic mass is 10.1. The van der Waals surface area contributed by atoms with E-state index in [2.05, 4.69) is 15.0 Å². The average Bonchev–Trinajstić information content (AvgIpc) is 2.55. The monoisotopic (exact) mass is 367 g/mol. The fourth-order valence-corrected chi connectivity index (χ4v) is 2.53. The van der Waals surface area contributed by atoms with E-state index in [-0.39, 0.29) is 17.2 Å². The van der Waals surface area contributed by atoms with Crippen molar-refractivity contribution in [3.63, 3.8) is 0 Å². The van der Waals surface area contributed by atoms with Crippen LogP contribution < -0.4 is 5.56 Å². The van der Waals surface area contributed by atoms with Gasteiger partial charge in [0.25, 0.3) is 5.56 Å². The smallest absolute Gasteiger partial charge is 0.260 e. The summed E-state index contributed by atoms with van der Waals surface area (Å²) in [4.78, 5) is 22.9. The SMILES string of the molecule is O=c1[nH]c(COCCc2ccc(F)c(Cl)c2)nc2ncc(Cl)cc12. The van der Waals surface area contributed by atoms with Gasteiger partial charge in [0.15, 0.2) is 5.65 Å². The molecule has 1 N–H and O–H groups in total. The van der Waals surface area contributed by atoms with Gasteiger partial charge in [-0.3, -0.25) is 4.79 Å². The van der Waals surface area contributed by atoms with E-state index in [0.717, 1.165) is 5.56 Å². The number of halogens is 3. The van der Waals surface area contributed by atoms with Gasteiger partial charge in [0.05, 0.1) is 22.0 Å². The molecule has 2 aromatic heterocycles. The van der Waals surface area contributed by atoms with Gasteiger partial charge in [0.2, 0.25) is 0 Å². The molecule has 0 unspecified atom stereocenters. The van der Waals surface area contributed by atoms with E-state index in [1.807, 2.05) is 0 Å². The van der Waals surface area contributed by atoms with Crippen LogP contribution in [0.3, 0.4) is 0 Å². The Balaban J connectivity index is 1.62. The molecule has 0 aliphatic rings. The third-order valence-corrected chi connectivity index (χ3v) is 3.83. The zero-order valence-corrected chi connectivity index (χ0v) is 13.9. The van der Waals surface area contributed by atoms with Gasteiger partial charge < -0.3 is 9.72 Å². The molecule has 3 aromatic rings. The minimum Gasteiger partial charge on any atom is -0.373 e. The molecular weight excluding hydrogens is 356 g/mol. The molecule has 8 heteroatoms. The van der Waals surface area contributed by atoms with E-state index in [1.165, 1.54) is 18.3 Å². The van der Waals surface area contributed by atoms with Crippen molar-refractivity contribution < 1.29 is 9.13 Å². The van der Waals surface area contributed by atoms with Gasteiger partial charge in [-0.2, -0.15) is 0 Å². The number of aromatic amines is 1. The number of H-pyrrole nitrogens is 1. The average molecular weight is 368 g/mol. The molecule has 0 atom stereocenters. The van der Waals surface area contributed by atoms with Gasteiger partial charge in [0.1, 0.15) is 18.2 Å². The highest BCUT2D eigenvalue weighted by atomic mass is 35.5. The molecular formula is C16H12Cl2FN3O2. The summed E-state index contributed by atoms with van der Waals surface area (Å²) in [6.07, 6.45) is 1.99. The normalized spacial score (nSPS) is 11.1. The van der Waals surface area contributed by atoms with E-state index in [9.17, 15) is 9.18 Å². The van der Waals surface area contributed by atoms with E-state index in [0.29, 0.717) is 34.9 Å². The van der Waals surface area contributed by atoms with Crippen LogP contribution in [0.4, 0.5) is 4.39 Å². The predicted molar refractivity (Wildman–Crippen MR) is 89.9 cm³/mol. The van der Waals surface area contributed by atoms with Crippen LogP contribution >= 0.6 is 23.2 Å². The second-order valence-corrected chi connectivity index (χ2v) is 5.93. The van der Waals surface area contributed by atoms with Gasteiger partial charge in [-0.25, -0.2) is 14.4 Å². The van der Waals surface area contributed by atoms with Crippen LogP contribution in [0.25, 0.3) is 11.0 Å². The van der Waals surface area contributed by atoms with Crippen LogP contribution in [0.1, 0.15) is 11.4 Å². The van der Waals surface area contributed by atoms with E-state index >= 15 is 0 Å². The van der Waals surface area contributed by atoms with Gasteiger partial charge in [-0.1, -0.05) is 29.3 Å². The Bertz CT molecular complexity index is 946. The molecule has 0 aliphatic heterocycles. The first-order valence-corrected chi connectivity index (χ1v) is 7.84. The van der Waals surface area contributed by atoms with E-state index in [4.69, 9.17) is 27.9 Å². The lowest BCUT2D eigenvalue weighted by molar-refractivity contribution is 0.118. The second-order valence-electron chi connectivity index (χ2n) is 5.09. The molecule has 24 heavy (non-hydrogen) atoms. The van der Waals surface area contributed by atoms with Crippen LogP contribution in [0, 0.1) is 5.82 Å². The molecule has 0 saturated heterocycles. The Morgan fingerprint density at radius 3 is 2.88 bits per heavy atom. The summed E-state index contributed by atoms with van der Waals surface area (Å²) < 4.78 is 18.6. The molecule has 0 bridgehead atoms. The topological polar surface area (TPSA) is 67.9 Å². The molecule has 0 amide bonds. The summed E-state index contributed by atoms with van der Waals surface area (Å²) in [5.41, 5.74) is 0.851. The van der Waals surface area contributed by atoms with Crippen molar-refractivity contribution in [2.24, 2.45) is 0 Å². The molecule has 0 spiro atoms. The van der Waals surface area contributed by atoms with Gasteiger partial charge in [-0.05, 0) is 30.2 Å². The number of aromatic nitrogens is 3. The number of fused-ring (bicyclic) bond motifs is 1. The maximum atomic E-state index is 13.1. The van der Waals surface area contributed by atoms with Crippen molar-refractivity contribution in [1.29, 1.82) is 0 Å². The predicted octanol–water partition coefficient (Wildman–Crippen LogP) is 3.52. The highest BCUT2D eigenvalue weighted by Crippen LogP contribution is 2.16. The summed E-state index contributed by atoms with van der Waals surface area (Å²) in [5.74, 6) is -0.0775. The van der Waals surface area contributed by atoms with Gasteiger partial charge in [-0.15, -0.1) is 0 Å². The van der Waals surface area contributed by atoms with Crippen molar-refractivity contribution in [2.75, 3.05) is 6.61 Å². The zero-order valence-electron chi connectivity index (χ0n) is 12.4. The Hall–Kier alpha value is -2.02. The van der Waals surface area contributed by atoms with Crippen molar-refractivity contribution in [1.82, 2.24) is 15.0 Å². The van der Waals surface area contributed by atoms with Gasteiger partial charge >= 0.3 is 0 Å². The van der Waals surface area contributed by atoms with Crippen LogP contribution in [-0.2, 0) is 17.8 Å². The van der Waals surface area contributed by atoms with Crippen molar-refractivity contribution in [2.45, 2.75) is 13.0 Å². The maximum Gasteiger partial charge on any atom is 0.260 e. The minimum absolute atomic E-state index is 0.0813. The van der Waals surface area contributed by atoms with Crippen LogP contribution in [0.5, 0.6) is 0 Å². The maximum absolute atomic E-state index is 13.1. The summed E-state index contributed by atoms with van der Waals surface area (Å²) >= 11 is 11.5. The van der Waals surface area contributed by atoms with E-state index < -0.39 is 5.82 Å². The molecule has 2 heterocycles. The Kier molecular flexibility index (Phi) is 5.08. The molecule has 0 saturated carbocycles.